The third-order valence-electron chi connectivity index (χ3n) is 2.34. The number of benzene rings is 2. The van der Waals surface area contributed by atoms with E-state index in [4.69, 9.17) is 16.9 Å². The molecule has 3 heteroatoms. The van der Waals surface area contributed by atoms with Gasteiger partial charge >= 0.3 is 0 Å². The number of halogens is 1. The largest absolute Gasteiger partial charge is 0.192 e. The van der Waals surface area contributed by atoms with Crippen molar-refractivity contribution >= 4 is 23.4 Å². The van der Waals surface area contributed by atoms with Crippen LogP contribution in [0.5, 0.6) is 0 Å². The highest BCUT2D eigenvalue weighted by Crippen LogP contribution is 2.33. The van der Waals surface area contributed by atoms with Crippen LogP contribution < -0.4 is 0 Å². The third-order valence-corrected chi connectivity index (χ3v) is 3.72. The van der Waals surface area contributed by atoms with Gasteiger partial charge in [0.05, 0.1) is 10.6 Å². The summed E-state index contributed by atoms with van der Waals surface area (Å²) in [7, 11) is 0. The van der Waals surface area contributed by atoms with Crippen molar-refractivity contribution in [3.63, 3.8) is 0 Å². The normalized spacial score (nSPS) is 9.94. The van der Waals surface area contributed by atoms with Crippen LogP contribution in [0.4, 0.5) is 0 Å². The van der Waals surface area contributed by atoms with Crippen molar-refractivity contribution < 1.29 is 0 Å². The summed E-state index contributed by atoms with van der Waals surface area (Å²) in [6, 6.07) is 15.8. The maximum Gasteiger partial charge on any atom is 0.102 e. The molecule has 2 aromatic rings. The lowest BCUT2D eigenvalue weighted by Crippen LogP contribution is -1.83. The van der Waals surface area contributed by atoms with E-state index >= 15 is 0 Å². The maximum absolute atomic E-state index is 9.07. The Bertz CT molecular complexity index is 570. The molecule has 0 saturated heterocycles. The van der Waals surface area contributed by atoms with E-state index in [1.165, 1.54) is 5.56 Å². The smallest absolute Gasteiger partial charge is 0.102 e. The van der Waals surface area contributed by atoms with E-state index in [1.807, 2.05) is 24.3 Å². The first kappa shape index (κ1) is 12.0. The van der Waals surface area contributed by atoms with Gasteiger partial charge in [-0.25, -0.2) is 0 Å². The minimum absolute atomic E-state index is 0.504. The molecule has 17 heavy (non-hydrogen) atoms. The monoisotopic (exact) mass is 259 g/mol. The Hall–Kier alpha value is -1.43. The first-order chi connectivity index (χ1) is 8.20. The van der Waals surface area contributed by atoms with Crippen LogP contribution in [0.1, 0.15) is 11.1 Å². The lowest BCUT2D eigenvalue weighted by atomic mass is 10.2. The van der Waals surface area contributed by atoms with E-state index in [0.717, 1.165) is 9.79 Å². The average molecular weight is 260 g/mol. The third kappa shape index (κ3) is 2.82. The maximum atomic E-state index is 9.07. The Morgan fingerprint density at radius 3 is 2.47 bits per heavy atom. The molecule has 0 N–H and O–H groups in total. The van der Waals surface area contributed by atoms with Crippen LogP contribution in [0, 0.1) is 18.3 Å². The topological polar surface area (TPSA) is 23.8 Å². The summed E-state index contributed by atoms with van der Waals surface area (Å²) in [5.74, 6) is 0. The van der Waals surface area contributed by atoms with Crippen molar-refractivity contribution in [3.05, 3.63) is 58.6 Å². The van der Waals surface area contributed by atoms with E-state index in [9.17, 15) is 0 Å². The molecule has 2 aromatic carbocycles. The molecule has 0 radical (unpaired) electrons. The van der Waals surface area contributed by atoms with Crippen LogP contribution in [-0.2, 0) is 0 Å². The summed E-state index contributed by atoms with van der Waals surface area (Å²) in [5, 5.41) is 9.58. The molecular formula is C14H10ClNS. The summed E-state index contributed by atoms with van der Waals surface area (Å²) in [6.45, 7) is 2.05. The van der Waals surface area contributed by atoms with E-state index in [1.54, 1.807) is 17.8 Å². The number of nitriles is 1. The van der Waals surface area contributed by atoms with Gasteiger partial charge in [0.1, 0.15) is 6.07 Å². The summed E-state index contributed by atoms with van der Waals surface area (Å²) in [6.07, 6.45) is 0. The van der Waals surface area contributed by atoms with Gasteiger partial charge in [-0.3, -0.25) is 0 Å². The predicted octanol–water partition coefficient (Wildman–Crippen LogP) is 4.67. The molecular weight excluding hydrogens is 250 g/mol. The van der Waals surface area contributed by atoms with Crippen LogP contribution in [0.15, 0.2) is 52.3 Å². The first-order valence-corrected chi connectivity index (χ1v) is 6.33. The number of hydrogen-bond acceptors (Lipinski definition) is 2. The van der Waals surface area contributed by atoms with Crippen LogP contribution in [-0.4, -0.2) is 0 Å². The van der Waals surface area contributed by atoms with Crippen LogP contribution >= 0.6 is 23.4 Å². The molecule has 84 valence electrons. The summed E-state index contributed by atoms with van der Waals surface area (Å²) < 4.78 is 0. The van der Waals surface area contributed by atoms with Crippen molar-refractivity contribution in [3.8, 4) is 6.07 Å². The fraction of sp³-hybridized carbons (Fsp3) is 0.0714. The van der Waals surface area contributed by atoms with Crippen molar-refractivity contribution in [1.29, 1.82) is 5.26 Å². The van der Waals surface area contributed by atoms with E-state index in [2.05, 4.69) is 25.1 Å². The molecule has 0 saturated carbocycles. The average Bonchev–Trinajstić information content (AvgIpc) is 2.32. The zero-order chi connectivity index (χ0) is 12.3. The Morgan fingerprint density at radius 2 is 1.82 bits per heavy atom. The van der Waals surface area contributed by atoms with Gasteiger partial charge in [-0.05, 0) is 31.2 Å². The van der Waals surface area contributed by atoms with Gasteiger partial charge in [-0.1, -0.05) is 47.1 Å². The molecule has 0 aliphatic rings. The van der Waals surface area contributed by atoms with Gasteiger partial charge < -0.3 is 0 Å². The lowest BCUT2D eigenvalue weighted by molar-refractivity contribution is 1.33. The molecule has 1 nitrogen and oxygen atoms in total. The second-order valence-corrected chi connectivity index (χ2v) is 5.16. The molecule has 0 aliphatic heterocycles. The van der Waals surface area contributed by atoms with Gasteiger partial charge in [0.2, 0.25) is 0 Å². The Kier molecular flexibility index (Phi) is 3.73. The lowest BCUT2D eigenvalue weighted by Gasteiger charge is -2.05. The predicted molar refractivity (Wildman–Crippen MR) is 71.5 cm³/mol. The quantitative estimate of drug-likeness (QED) is 0.782. The highest BCUT2D eigenvalue weighted by molar-refractivity contribution is 7.99. The van der Waals surface area contributed by atoms with Gasteiger partial charge in [0, 0.05) is 9.79 Å². The molecule has 0 spiro atoms. The van der Waals surface area contributed by atoms with E-state index in [0.29, 0.717) is 10.6 Å². The zero-order valence-corrected chi connectivity index (χ0v) is 10.8. The molecule has 0 unspecified atom stereocenters. The number of hydrogen-bond donors (Lipinski definition) is 0. The van der Waals surface area contributed by atoms with Crippen molar-refractivity contribution in [2.24, 2.45) is 0 Å². The van der Waals surface area contributed by atoms with Crippen LogP contribution in [0.3, 0.4) is 0 Å². The number of aryl methyl sites for hydroxylation is 1. The Balaban J connectivity index is 2.34. The van der Waals surface area contributed by atoms with Gasteiger partial charge in [0.25, 0.3) is 0 Å². The molecule has 0 bridgehead atoms. The molecule has 2 rings (SSSR count). The van der Waals surface area contributed by atoms with Crippen molar-refractivity contribution in [2.45, 2.75) is 16.7 Å². The van der Waals surface area contributed by atoms with Crippen molar-refractivity contribution in [2.75, 3.05) is 0 Å². The highest BCUT2D eigenvalue weighted by Gasteiger charge is 2.07. The fourth-order valence-electron chi connectivity index (χ4n) is 1.43. The van der Waals surface area contributed by atoms with Gasteiger partial charge in [-0.2, -0.15) is 5.26 Å². The summed E-state index contributed by atoms with van der Waals surface area (Å²) in [4.78, 5) is 2.00. The SMILES string of the molecule is Cc1ccc(Sc2cccc(Cl)c2C#N)cc1. The highest BCUT2D eigenvalue weighted by atomic mass is 35.5. The van der Waals surface area contributed by atoms with Crippen LogP contribution in [0.2, 0.25) is 5.02 Å². The van der Waals surface area contributed by atoms with Gasteiger partial charge in [0.15, 0.2) is 0 Å². The molecule has 0 atom stereocenters. The minimum Gasteiger partial charge on any atom is -0.192 e. The Morgan fingerprint density at radius 1 is 1.12 bits per heavy atom. The Labute approximate surface area is 110 Å². The fourth-order valence-corrected chi connectivity index (χ4v) is 2.63. The summed E-state index contributed by atoms with van der Waals surface area (Å²) >= 11 is 7.54. The molecule has 0 aliphatic carbocycles. The second kappa shape index (κ2) is 5.27. The second-order valence-electron chi connectivity index (χ2n) is 3.64. The summed E-state index contributed by atoms with van der Waals surface area (Å²) in [5.41, 5.74) is 1.76. The number of rotatable bonds is 2. The molecule has 0 amide bonds. The van der Waals surface area contributed by atoms with E-state index in [-0.39, 0.29) is 0 Å². The first-order valence-electron chi connectivity index (χ1n) is 5.14. The number of nitrogens with zero attached hydrogens (tertiary/aromatic N) is 1. The standard InChI is InChI=1S/C14H10ClNS/c1-10-5-7-11(8-6-10)17-14-4-2-3-13(15)12(14)9-16/h2-8H,1H3. The minimum atomic E-state index is 0.504. The molecule has 0 fully saturated rings. The van der Waals surface area contributed by atoms with E-state index < -0.39 is 0 Å². The molecule has 0 aromatic heterocycles. The van der Waals surface area contributed by atoms with Crippen LogP contribution in [0.25, 0.3) is 0 Å². The zero-order valence-electron chi connectivity index (χ0n) is 9.27. The van der Waals surface area contributed by atoms with Crippen molar-refractivity contribution in [1.82, 2.24) is 0 Å². The molecule has 0 heterocycles. The van der Waals surface area contributed by atoms with Gasteiger partial charge in [-0.15, -0.1) is 0 Å².